The van der Waals surface area contributed by atoms with Gasteiger partial charge in [0, 0.05) is 16.7 Å². The molecule has 1 aromatic carbocycles. The maximum atomic E-state index is 12.0. The molecule has 0 radical (unpaired) electrons. The van der Waals surface area contributed by atoms with E-state index in [1.165, 1.54) is 37.8 Å². The fourth-order valence-electron chi connectivity index (χ4n) is 3.74. The molecule has 0 aliphatic heterocycles. The molecule has 0 heterocycles. The normalized spacial score (nSPS) is 27.9. The number of halogens is 1. The third kappa shape index (κ3) is 2.91. The van der Waals surface area contributed by atoms with Crippen LogP contribution in [0.25, 0.3) is 0 Å². The Hall–Kier alpha value is -1.55. The van der Waals surface area contributed by atoms with Crippen molar-refractivity contribution in [1.82, 2.24) is 5.43 Å². The highest BCUT2D eigenvalue weighted by molar-refractivity contribution is 6.30. The van der Waals surface area contributed by atoms with Gasteiger partial charge in [0.05, 0.1) is 5.56 Å². The zero-order valence-corrected chi connectivity index (χ0v) is 12.7. The Labute approximate surface area is 129 Å². The molecule has 3 atom stereocenters. The van der Waals surface area contributed by atoms with Crippen LogP contribution >= 0.6 is 11.6 Å². The summed E-state index contributed by atoms with van der Waals surface area (Å²) in [6.45, 7) is 1.98. The molecule has 2 N–H and O–H groups in total. The van der Waals surface area contributed by atoms with Gasteiger partial charge in [-0.25, -0.2) is 5.43 Å². The highest BCUT2D eigenvalue weighted by Gasteiger charge is 2.40. The second-order valence-electron chi connectivity index (χ2n) is 6.14. The van der Waals surface area contributed by atoms with Gasteiger partial charge >= 0.3 is 0 Å². The van der Waals surface area contributed by atoms with E-state index >= 15 is 0 Å². The Bertz CT molecular complexity index is 600. The second kappa shape index (κ2) is 5.68. The Kier molecular flexibility index (Phi) is 3.89. The van der Waals surface area contributed by atoms with E-state index in [9.17, 15) is 9.90 Å². The SMILES string of the molecule is C/C(=N\NC(=O)c1ccc(Cl)cc1O)C1CC2CCC1C2. The van der Waals surface area contributed by atoms with Crippen LogP contribution in [-0.4, -0.2) is 16.7 Å². The van der Waals surface area contributed by atoms with Crippen molar-refractivity contribution < 1.29 is 9.90 Å². The number of nitrogens with zero attached hydrogens (tertiary/aromatic N) is 1. The number of hydrogen-bond donors (Lipinski definition) is 2. The van der Waals surface area contributed by atoms with Gasteiger partial charge in [-0.2, -0.15) is 5.10 Å². The van der Waals surface area contributed by atoms with Crippen LogP contribution in [0.3, 0.4) is 0 Å². The van der Waals surface area contributed by atoms with Crippen LogP contribution < -0.4 is 5.43 Å². The first-order chi connectivity index (χ1) is 10.0. The third-order valence-electron chi connectivity index (χ3n) is 4.81. The number of aromatic hydroxyl groups is 1. The molecule has 21 heavy (non-hydrogen) atoms. The maximum absolute atomic E-state index is 12.0. The van der Waals surface area contributed by atoms with Crippen molar-refractivity contribution in [3.8, 4) is 5.75 Å². The van der Waals surface area contributed by atoms with Gasteiger partial charge in [-0.15, -0.1) is 0 Å². The monoisotopic (exact) mass is 306 g/mol. The molecule has 112 valence electrons. The van der Waals surface area contributed by atoms with Crippen molar-refractivity contribution in [2.45, 2.75) is 32.6 Å². The number of benzene rings is 1. The van der Waals surface area contributed by atoms with E-state index in [2.05, 4.69) is 10.5 Å². The van der Waals surface area contributed by atoms with Crippen LogP contribution in [0.4, 0.5) is 0 Å². The molecule has 0 aromatic heterocycles. The second-order valence-corrected chi connectivity index (χ2v) is 6.57. The average molecular weight is 307 g/mol. The van der Waals surface area contributed by atoms with Crippen molar-refractivity contribution in [3.05, 3.63) is 28.8 Å². The zero-order valence-electron chi connectivity index (χ0n) is 12.0. The lowest BCUT2D eigenvalue weighted by Crippen LogP contribution is -2.24. The van der Waals surface area contributed by atoms with Crippen LogP contribution in [0.5, 0.6) is 5.75 Å². The zero-order chi connectivity index (χ0) is 15.0. The van der Waals surface area contributed by atoms with Gasteiger partial charge in [0.25, 0.3) is 5.91 Å². The van der Waals surface area contributed by atoms with Gasteiger partial charge in [0.2, 0.25) is 0 Å². The van der Waals surface area contributed by atoms with Crippen molar-refractivity contribution in [3.63, 3.8) is 0 Å². The number of rotatable bonds is 3. The first-order valence-electron chi connectivity index (χ1n) is 7.37. The first-order valence-corrected chi connectivity index (χ1v) is 7.75. The molecule has 1 amide bonds. The summed E-state index contributed by atoms with van der Waals surface area (Å²) in [6.07, 6.45) is 5.14. The number of phenolic OH excluding ortho intramolecular Hbond substituents is 1. The average Bonchev–Trinajstić information content (AvgIpc) is 3.07. The highest BCUT2D eigenvalue weighted by atomic mass is 35.5. The van der Waals surface area contributed by atoms with E-state index in [1.807, 2.05) is 6.92 Å². The summed E-state index contributed by atoms with van der Waals surface area (Å²) in [4.78, 5) is 12.0. The summed E-state index contributed by atoms with van der Waals surface area (Å²) in [5, 5.41) is 14.4. The van der Waals surface area contributed by atoms with Crippen molar-refractivity contribution in [2.75, 3.05) is 0 Å². The Morgan fingerprint density at radius 3 is 2.81 bits per heavy atom. The predicted molar refractivity (Wildman–Crippen MR) is 82.6 cm³/mol. The molecule has 3 rings (SSSR count). The molecule has 3 unspecified atom stereocenters. The Morgan fingerprint density at radius 1 is 1.38 bits per heavy atom. The molecule has 2 fully saturated rings. The van der Waals surface area contributed by atoms with Gasteiger partial charge in [0.1, 0.15) is 5.75 Å². The molecular weight excluding hydrogens is 288 g/mol. The Balaban J connectivity index is 1.66. The van der Waals surface area contributed by atoms with Gasteiger partial charge in [-0.1, -0.05) is 18.0 Å². The number of hydrazone groups is 1. The number of carbonyl (C=O) groups excluding carboxylic acids is 1. The molecular formula is C16H19ClN2O2. The van der Waals surface area contributed by atoms with Gasteiger partial charge in [0.15, 0.2) is 0 Å². The highest BCUT2D eigenvalue weighted by Crippen LogP contribution is 2.48. The van der Waals surface area contributed by atoms with E-state index in [4.69, 9.17) is 11.6 Å². The number of carbonyl (C=O) groups is 1. The molecule has 5 heteroatoms. The fraction of sp³-hybridized carbons (Fsp3) is 0.500. The van der Waals surface area contributed by atoms with E-state index in [-0.39, 0.29) is 11.3 Å². The predicted octanol–water partition coefficient (Wildman–Crippen LogP) is 3.59. The summed E-state index contributed by atoms with van der Waals surface area (Å²) < 4.78 is 0. The minimum Gasteiger partial charge on any atom is -0.507 e. The third-order valence-corrected chi connectivity index (χ3v) is 5.05. The number of phenols is 1. The van der Waals surface area contributed by atoms with E-state index in [0.29, 0.717) is 10.9 Å². The first kappa shape index (κ1) is 14.4. The van der Waals surface area contributed by atoms with E-state index in [0.717, 1.165) is 17.5 Å². The summed E-state index contributed by atoms with van der Waals surface area (Å²) in [7, 11) is 0. The minimum absolute atomic E-state index is 0.132. The quantitative estimate of drug-likeness (QED) is 0.662. The smallest absolute Gasteiger partial charge is 0.275 e. The molecule has 2 bridgehead atoms. The molecule has 2 aliphatic rings. The summed E-state index contributed by atoms with van der Waals surface area (Å²) >= 11 is 5.75. The number of hydrogen-bond acceptors (Lipinski definition) is 3. The van der Waals surface area contributed by atoms with Crippen LogP contribution in [0.1, 0.15) is 43.0 Å². The maximum Gasteiger partial charge on any atom is 0.275 e. The summed E-state index contributed by atoms with van der Waals surface area (Å²) in [5.41, 5.74) is 3.72. The van der Waals surface area contributed by atoms with Gasteiger partial charge in [-0.3, -0.25) is 4.79 Å². The topological polar surface area (TPSA) is 61.7 Å². The summed E-state index contributed by atoms with van der Waals surface area (Å²) in [6, 6.07) is 4.42. The lowest BCUT2D eigenvalue weighted by molar-refractivity contribution is 0.0952. The standard InChI is InChI=1S/C16H19ClN2O2/c1-9(14-7-10-2-3-11(14)6-10)18-19-16(21)13-5-4-12(17)8-15(13)20/h4-5,8,10-11,14,20H,2-3,6-7H2,1H3,(H,19,21)/b18-9+. The van der Waals surface area contributed by atoms with E-state index < -0.39 is 5.91 Å². The number of nitrogens with one attached hydrogen (secondary N) is 1. The molecule has 2 saturated carbocycles. The van der Waals surface area contributed by atoms with Crippen molar-refractivity contribution in [1.29, 1.82) is 0 Å². The Morgan fingerprint density at radius 2 is 2.19 bits per heavy atom. The number of fused-ring (bicyclic) bond motifs is 2. The van der Waals surface area contributed by atoms with Gasteiger partial charge in [-0.05, 0) is 56.2 Å². The van der Waals surface area contributed by atoms with Crippen LogP contribution in [0.2, 0.25) is 5.02 Å². The van der Waals surface area contributed by atoms with Gasteiger partial charge < -0.3 is 5.11 Å². The molecule has 0 spiro atoms. The van der Waals surface area contributed by atoms with Crippen LogP contribution in [-0.2, 0) is 0 Å². The van der Waals surface area contributed by atoms with Crippen LogP contribution in [0, 0.1) is 17.8 Å². The minimum atomic E-state index is -0.410. The van der Waals surface area contributed by atoms with E-state index in [1.54, 1.807) is 6.07 Å². The molecule has 4 nitrogen and oxygen atoms in total. The van der Waals surface area contributed by atoms with Crippen molar-refractivity contribution >= 4 is 23.2 Å². The fourth-order valence-corrected chi connectivity index (χ4v) is 3.90. The number of amides is 1. The lowest BCUT2D eigenvalue weighted by Gasteiger charge is -2.21. The summed E-state index contributed by atoms with van der Waals surface area (Å²) in [5.74, 6) is 1.54. The lowest BCUT2D eigenvalue weighted by atomic mass is 9.86. The largest absolute Gasteiger partial charge is 0.507 e. The van der Waals surface area contributed by atoms with Crippen molar-refractivity contribution in [2.24, 2.45) is 22.9 Å². The molecule has 2 aliphatic carbocycles. The van der Waals surface area contributed by atoms with Crippen LogP contribution in [0.15, 0.2) is 23.3 Å². The molecule has 0 saturated heterocycles. The molecule has 1 aromatic rings.